The number of methoxy groups -OCH3 is 1. The molecule has 0 aliphatic carbocycles. The second-order valence-corrected chi connectivity index (χ2v) is 7.96. The predicted octanol–water partition coefficient (Wildman–Crippen LogP) is 0.198. The van der Waals surface area contributed by atoms with Crippen molar-refractivity contribution in [3.8, 4) is 0 Å². The van der Waals surface area contributed by atoms with Gasteiger partial charge < -0.3 is 31.2 Å². The first kappa shape index (κ1) is 21.5. The van der Waals surface area contributed by atoms with Crippen molar-refractivity contribution in [2.24, 2.45) is 5.73 Å². The molecule has 0 saturated carbocycles. The van der Waals surface area contributed by atoms with Gasteiger partial charge in [0.25, 0.3) is 0 Å². The monoisotopic (exact) mass is 382 g/mol. The number of fused-ring (bicyclic) bond motifs is 1. The molecule has 0 fully saturated rings. The molecule has 2 aromatic rings. The minimum Gasteiger partial charge on any atom is -0.394 e. The Bertz CT molecular complexity index is 753. The maximum atomic E-state index is 10.9. The number of anilines is 1. The van der Waals surface area contributed by atoms with E-state index in [-0.39, 0.29) is 12.4 Å². The van der Waals surface area contributed by atoms with E-state index < -0.39 is 29.6 Å². The summed E-state index contributed by atoms with van der Waals surface area (Å²) in [6, 6.07) is 0. The number of hydrogen-bond donors (Lipinski definition) is 4. The molecule has 0 saturated heterocycles. The zero-order valence-corrected chi connectivity index (χ0v) is 16.5. The number of imidazole rings is 1. The fourth-order valence-corrected chi connectivity index (χ4v) is 3.32. The van der Waals surface area contributed by atoms with Gasteiger partial charge in [0.2, 0.25) is 0 Å². The fraction of sp³-hybridized carbons (Fsp3) is 0.706. The van der Waals surface area contributed by atoms with E-state index in [0.29, 0.717) is 17.6 Å². The first-order chi connectivity index (χ1) is 12.5. The summed E-state index contributed by atoms with van der Waals surface area (Å²) in [7, 11) is 1.40. The van der Waals surface area contributed by atoms with Gasteiger partial charge in [0.05, 0.1) is 18.5 Å². The van der Waals surface area contributed by atoms with Gasteiger partial charge in [-0.1, -0.05) is 0 Å². The molecule has 152 valence electrons. The van der Waals surface area contributed by atoms with Crippen LogP contribution in [0, 0.1) is 0 Å². The maximum Gasteiger partial charge on any atom is 0.167 e. The molecule has 0 aliphatic heterocycles. The molecule has 0 spiro atoms. The highest BCUT2D eigenvalue weighted by molar-refractivity contribution is 5.81. The zero-order valence-electron chi connectivity index (χ0n) is 16.5. The number of hydrogen-bond acceptors (Lipinski definition) is 9. The van der Waals surface area contributed by atoms with Crippen molar-refractivity contribution in [3.63, 3.8) is 0 Å². The molecule has 0 amide bonds. The second-order valence-electron chi connectivity index (χ2n) is 7.96. The molecule has 0 aromatic carbocycles. The van der Waals surface area contributed by atoms with E-state index in [1.807, 2.05) is 27.7 Å². The molecule has 2 rings (SSSR count). The molecule has 6 N–H and O–H groups in total. The normalized spacial score (nSPS) is 16.4. The van der Waals surface area contributed by atoms with E-state index in [1.54, 1.807) is 4.57 Å². The van der Waals surface area contributed by atoms with Crippen molar-refractivity contribution in [1.29, 1.82) is 0 Å². The third-order valence-electron chi connectivity index (χ3n) is 4.14. The third kappa shape index (κ3) is 5.11. The predicted molar refractivity (Wildman–Crippen MR) is 101 cm³/mol. The van der Waals surface area contributed by atoms with Crippen LogP contribution >= 0.6 is 0 Å². The summed E-state index contributed by atoms with van der Waals surface area (Å²) in [6.45, 7) is 7.17. The van der Waals surface area contributed by atoms with Crippen molar-refractivity contribution in [1.82, 2.24) is 19.5 Å². The van der Waals surface area contributed by atoms with Crippen molar-refractivity contribution < 1.29 is 19.7 Å². The zero-order chi connectivity index (χ0) is 20.4. The molecule has 10 heteroatoms. The van der Waals surface area contributed by atoms with Gasteiger partial charge in [-0.05, 0) is 34.1 Å². The maximum absolute atomic E-state index is 10.9. The lowest BCUT2D eigenvalue weighted by molar-refractivity contribution is -0.191. The number of ether oxygens (including phenoxy) is 2. The van der Waals surface area contributed by atoms with Crippen LogP contribution in [0.2, 0.25) is 0 Å². The van der Waals surface area contributed by atoms with E-state index in [4.69, 9.17) is 20.9 Å². The molecule has 0 radical (unpaired) electrons. The lowest BCUT2D eigenvalue weighted by atomic mass is 9.90. The fourth-order valence-electron chi connectivity index (χ4n) is 3.32. The van der Waals surface area contributed by atoms with Gasteiger partial charge in [-0.2, -0.15) is 0 Å². The molecule has 27 heavy (non-hydrogen) atoms. The number of aliphatic hydroxyl groups excluding tert-OH is 2. The van der Waals surface area contributed by atoms with Crippen molar-refractivity contribution in [3.05, 3.63) is 12.7 Å². The standard InChI is InChI=1S/C17H30N6O4/c1-16(2,19)7-17(3,4)27-15(12(25)10(6-24)26-5)23-9-22-11-13(18)20-8-21-14(11)23/h8-10,12,15,24-25H,6-7,19H2,1-5H3,(H2,18,20,21). The number of nitrogens with two attached hydrogens (primary N) is 2. The Balaban J connectivity index is 2.47. The van der Waals surface area contributed by atoms with Crippen LogP contribution in [0.3, 0.4) is 0 Å². The first-order valence-corrected chi connectivity index (χ1v) is 8.70. The summed E-state index contributed by atoms with van der Waals surface area (Å²) in [5.41, 5.74) is 11.6. The van der Waals surface area contributed by atoms with Crippen molar-refractivity contribution in [2.45, 2.75) is 63.7 Å². The largest absolute Gasteiger partial charge is 0.394 e. The average Bonchev–Trinajstić information content (AvgIpc) is 2.96. The highest BCUT2D eigenvalue weighted by Gasteiger charge is 2.37. The van der Waals surface area contributed by atoms with E-state index >= 15 is 0 Å². The molecular weight excluding hydrogens is 352 g/mol. The summed E-state index contributed by atoms with van der Waals surface area (Å²) < 4.78 is 13.0. The van der Waals surface area contributed by atoms with Gasteiger partial charge in [0.1, 0.15) is 24.1 Å². The third-order valence-corrected chi connectivity index (χ3v) is 4.14. The molecule has 0 aliphatic rings. The lowest BCUT2D eigenvalue weighted by Gasteiger charge is -2.38. The molecule has 10 nitrogen and oxygen atoms in total. The summed E-state index contributed by atoms with van der Waals surface area (Å²) in [4.78, 5) is 12.4. The van der Waals surface area contributed by atoms with Gasteiger partial charge in [-0.25, -0.2) is 15.0 Å². The van der Waals surface area contributed by atoms with Crippen LogP contribution in [0.1, 0.15) is 40.3 Å². The van der Waals surface area contributed by atoms with Crippen LogP contribution in [0.5, 0.6) is 0 Å². The molecular formula is C17H30N6O4. The summed E-state index contributed by atoms with van der Waals surface area (Å²) in [5, 5.41) is 20.4. The van der Waals surface area contributed by atoms with Crippen LogP contribution in [0.25, 0.3) is 11.2 Å². The van der Waals surface area contributed by atoms with Crippen LogP contribution in [-0.2, 0) is 9.47 Å². The highest BCUT2D eigenvalue weighted by atomic mass is 16.5. The van der Waals surface area contributed by atoms with Gasteiger partial charge >= 0.3 is 0 Å². The molecule has 2 aromatic heterocycles. The SMILES string of the molecule is COC(CO)C(O)C(OC(C)(C)CC(C)(C)N)n1cnc2c(N)ncnc21. The molecule has 3 unspecified atom stereocenters. The summed E-state index contributed by atoms with van der Waals surface area (Å²) >= 11 is 0. The smallest absolute Gasteiger partial charge is 0.167 e. The van der Waals surface area contributed by atoms with Crippen LogP contribution in [-0.4, -0.2) is 66.8 Å². The van der Waals surface area contributed by atoms with Gasteiger partial charge in [-0.15, -0.1) is 0 Å². The van der Waals surface area contributed by atoms with Crippen molar-refractivity contribution >= 4 is 17.0 Å². The van der Waals surface area contributed by atoms with E-state index in [2.05, 4.69) is 15.0 Å². The molecule has 0 bridgehead atoms. The van der Waals surface area contributed by atoms with E-state index in [9.17, 15) is 10.2 Å². The Morgan fingerprint density at radius 1 is 1.22 bits per heavy atom. The number of rotatable bonds is 9. The number of aromatic nitrogens is 4. The summed E-state index contributed by atoms with van der Waals surface area (Å²) in [6.07, 6.45) is 0.287. The first-order valence-electron chi connectivity index (χ1n) is 8.70. The number of nitrogen functional groups attached to an aromatic ring is 1. The Morgan fingerprint density at radius 2 is 1.89 bits per heavy atom. The van der Waals surface area contributed by atoms with Gasteiger partial charge in [0.15, 0.2) is 17.7 Å². The van der Waals surface area contributed by atoms with Crippen LogP contribution in [0.15, 0.2) is 12.7 Å². The lowest BCUT2D eigenvalue weighted by Crippen LogP contribution is -2.47. The Morgan fingerprint density at radius 3 is 2.44 bits per heavy atom. The molecule has 2 heterocycles. The topological polar surface area (TPSA) is 155 Å². The van der Waals surface area contributed by atoms with Crippen LogP contribution in [0.4, 0.5) is 5.82 Å². The van der Waals surface area contributed by atoms with Crippen LogP contribution < -0.4 is 11.5 Å². The average molecular weight is 382 g/mol. The highest BCUT2D eigenvalue weighted by Crippen LogP contribution is 2.31. The van der Waals surface area contributed by atoms with E-state index in [1.165, 1.54) is 19.8 Å². The quantitative estimate of drug-likeness (QED) is 0.476. The van der Waals surface area contributed by atoms with Gasteiger partial charge in [0, 0.05) is 12.6 Å². The minimum absolute atomic E-state index is 0.222. The Hall–Kier alpha value is -1.85. The van der Waals surface area contributed by atoms with E-state index in [0.717, 1.165) is 0 Å². The Labute approximate surface area is 158 Å². The minimum atomic E-state index is -1.20. The number of aliphatic hydroxyl groups is 2. The van der Waals surface area contributed by atoms with Gasteiger partial charge in [-0.3, -0.25) is 4.57 Å². The second kappa shape index (κ2) is 8.03. The summed E-state index contributed by atoms with van der Waals surface area (Å²) in [5.74, 6) is 0.222. The van der Waals surface area contributed by atoms with Crippen molar-refractivity contribution in [2.75, 3.05) is 19.5 Å². The Kier molecular flexibility index (Phi) is 6.38. The number of nitrogens with zero attached hydrogens (tertiary/aromatic N) is 4. The molecule has 3 atom stereocenters.